The lowest BCUT2D eigenvalue weighted by Crippen LogP contribution is -2.38. The van der Waals surface area contributed by atoms with Crippen molar-refractivity contribution in [3.63, 3.8) is 0 Å². The molecule has 0 aliphatic carbocycles. The Labute approximate surface area is 181 Å². The van der Waals surface area contributed by atoms with Gasteiger partial charge < -0.3 is 24.2 Å². The molecule has 7 heteroatoms. The van der Waals surface area contributed by atoms with Crippen molar-refractivity contribution >= 4 is 16.9 Å². The van der Waals surface area contributed by atoms with Crippen LogP contribution in [0.1, 0.15) is 31.3 Å². The van der Waals surface area contributed by atoms with Crippen molar-refractivity contribution in [2.75, 3.05) is 13.7 Å². The monoisotopic (exact) mass is 418 g/mol. The maximum atomic E-state index is 6.08. The summed E-state index contributed by atoms with van der Waals surface area (Å²) in [5.74, 6) is 2.79. The second kappa shape index (κ2) is 9.38. The third kappa shape index (κ3) is 4.71. The average Bonchev–Trinajstić information content (AvgIpc) is 3.45. The van der Waals surface area contributed by atoms with Crippen LogP contribution < -0.4 is 15.4 Å². The number of hydrogen-bond donors (Lipinski definition) is 2. The van der Waals surface area contributed by atoms with Gasteiger partial charge in [0.1, 0.15) is 12.0 Å². The molecule has 4 aromatic rings. The number of benzene rings is 2. The van der Waals surface area contributed by atoms with Crippen LogP contribution in [-0.2, 0) is 6.54 Å². The quantitative estimate of drug-likeness (QED) is 0.328. The first-order valence-corrected chi connectivity index (χ1v) is 10.3. The molecule has 0 aliphatic heterocycles. The minimum absolute atomic E-state index is 0.0923. The van der Waals surface area contributed by atoms with Crippen LogP contribution in [0.25, 0.3) is 22.4 Å². The summed E-state index contributed by atoms with van der Waals surface area (Å²) < 4.78 is 17.3. The fourth-order valence-corrected chi connectivity index (χ4v) is 3.29. The number of fused-ring (bicyclic) bond motifs is 1. The fraction of sp³-hybridized carbons (Fsp3) is 0.250. The van der Waals surface area contributed by atoms with Gasteiger partial charge in [0.05, 0.1) is 24.9 Å². The molecule has 0 spiro atoms. The molecular formula is C24H26N4O3. The van der Waals surface area contributed by atoms with Crippen LogP contribution >= 0.6 is 0 Å². The molecule has 31 heavy (non-hydrogen) atoms. The van der Waals surface area contributed by atoms with Gasteiger partial charge >= 0.3 is 0 Å². The molecule has 7 nitrogen and oxygen atoms in total. The van der Waals surface area contributed by atoms with Gasteiger partial charge in [-0.25, -0.2) is 4.98 Å². The molecule has 0 saturated carbocycles. The number of furan rings is 1. The number of hydrogen-bond acceptors (Lipinski definition) is 5. The number of para-hydroxylation sites is 1. The summed E-state index contributed by atoms with van der Waals surface area (Å²) in [6.07, 6.45) is 1.65. The highest BCUT2D eigenvalue weighted by atomic mass is 16.5. The number of aliphatic imine (C=N–C) groups is 1. The topological polar surface area (TPSA) is 84.8 Å². The van der Waals surface area contributed by atoms with Gasteiger partial charge in [-0.1, -0.05) is 30.3 Å². The molecule has 0 aliphatic rings. The summed E-state index contributed by atoms with van der Waals surface area (Å²) in [5, 5.41) is 7.62. The van der Waals surface area contributed by atoms with E-state index in [4.69, 9.17) is 13.6 Å². The maximum absolute atomic E-state index is 6.08. The van der Waals surface area contributed by atoms with Gasteiger partial charge in [-0.3, -0.25) is 4.99 Å². The van der Waals surface area contributed by atoms with Crippen molar-refractivity contribution in [1.29, 1.82) is 0 Å². The van der Waals surface area contributed by atoms with E-state index in [9.17, 15) is 0 Å². The molecule has 4 rings (SSSR count). The summed E-state index contributed by atoms with van der Waals surface area (Å²) in [4.78, 5) is 8.84. The second-order valence-corrected chi connectivity index (χ2v) is 7.06. The van der Waals surface area contributed by atoms with Crippen LogP contribution in [-0.4, -0.2) is 24.6 Å². The smallest absolute Gasteiger partial charge is 0.226 e. The van der Waals surface area contributed by atoms with Crippen molar-refractivity contribution in [3.8, 4) is 17.2 Å². The Morgan fingerprint density at radius 2 is 2.00 bits per heavy atom. The van der Waals surface area contributed by atoms with E-state index in [1.165, 1.54) is 0 Å². The van der Waals surface area contributed by atoms with Crippen LogP contribution in [0.5, 0.6) is 5.75 Å². The zero-order chi connectivity index (χ0) is 21.6. The second-order valence-electron chi connectivity index (χ2n) is 7.06. The molecule has 0 saturated heterocycles. The number of nitrogens with zero attached hydrogens (tertiary/aromatic N) is 2. The van der Waals surface area contributed by atoms with Crippen LogP contribution in [0.3, 0.4) is 0 Å². The molecule has 0 fully saturated rings. The van der Waals surface area contributed by atoms with Gasteiger partial charge in [0.2, 0.25) is 5.89 Å². The molecule has 0 bridgehead atoms. The maximum Gasteiger partial charge on any atom is 0.226 e. The Bertz CT molecular complexity index is 1160. The number of ether oxygens (including phenoxy) is 1. The molecule has 2 aromatic carbocycles. The van der Waals surface area contributed by atoms with Crippen molar-refractivity contribution in [3.05, 3.63) is 72.3 Å². The third-order valence-electron chi connectivity index (χ3n) is 4.84. The van der Waals surface area contributed by atoms with Crippen molar-refractivity contribution in [1.82, 2.24) is 15.6 Å². The predicted octanol–water partition coefficient (Wildman–Crippen LogP) is 4.91. The zero-order valence-electron chi connectivity index (χ0n) is 17.9. The highest BCUT2D eigenvalue weighted by Crippen LogP contribution is 2.31. The molecule has 0 amide bonds. The van der Waals surface area contributed by atoms with E-state index in [0.717, 1.165) is 33.7 Å². The minimum atomic E-state index is -0.0923. The summed E-state index contributed by atoms with van der Waals surface area (Å²) in [7, 11) is 1.73. The minimum Gasteiger partial charge on any atom is -0.490 e. The number of nitrogens with one attached hydrogen (secondary N) is 2. The lowest BCUT2D eigenvalue weighted by molar-refractivity contribution is 0.336. The standard InChI is InChI=1S/C24H26N4O3/c1-4-29-20-12-8-11-18-13-21(31-22(18)20)16(2)27-24(25-3)26-14-19-15-30-23(28-19)17-9-6-5-7-10-17/h5-13,15-16H,4,14H2,1-3H3,(H2,25,26,27). The molecule has 2 aromatic heterocycles. The molecule has 1 atom stereocenters. The number of aromatic nitrogens is 1. The summed E-state index contributed by atoms with van der Waals surface area (Å²) in [5.41, 5.74) is 2.49. The average molecular weight is 418 g/mol. The summed E-state index contributed by atoms with van der Waals surface area (Å²) in [6, 6.07) is 17.6. The molecule has 0 radical (unpaired) electrons. The van der Waals surface area contributed by atoms with E-state index < -0.39 is 0 Å². The van der Waals surface area contributed by atoms with Crippen molar-refractivity contribution in [2.24, 2.45) is 4.99 Å². The van der Waals surface area contributed by atoms with Crippen LogP contribution in [0, 0.1) is 0 Å². The molecule has 2 N–H and O–H groups in total. The van der Waals surface area contributed by atoms with Crippen molar-refractivity contribution in [2.45, 2.75) is 26.4 Å². The van der Waals surface area contributed by atoms with Crippen LogP contribution in [0.15, 0.2) is 74.7 Å². The van der Waals surface area contributed by atoms with Crippen molar-refractivity contribution < 1.29 is 13.6 Å². The van der Waals surface area contributed by atoms with Gasteiger partial charge in [0.15, 0.2) is 17.3 Å². The first-order chi connectivity index (χ1) is 15.2. The van der Waals surface area contributed by atoms with Gasteiger partial charge in [-0.05, 0) is 38.1 Å². The predicted molar refractivity (Wildman–Crippen MR) is 121 cm³/mol. The Morgan fingerprint density at radius 3 is 2.77 bits per heavy atom. The van der Waals surface area contributed by atoms with E-state index in [0.29, 0.717) is 25.0 Å². The zero-order valence-corrected chi connectivity index (χ0v) is 17.9. The number of guanidine groups is 1. The highest BCUT2D eigenvalue weighted by molar-refractivity contribution is 5.84. The Balaban J connectivity index is 1.40. The van der Waals surface area contributed by atoms with Gasteiger partial charge in [0.25, 0.3) is 0 Å². The number of oxazole rings is 1. The summed E-state index contributed by atoms with van der Waals surface area (Å²) >= 11 is 0. The molecule has 2 heterocycles. The van der Waals surface area contributed by atoms with Gasteiger partial charge in [-0.15, -0.1) is 0 Å². The lowest BCUT2D eigenvalue weighted by Gasteiger charge is -2.15. The fourth-order valence-electron chi connectivity index (χ4n) is 3.29. The Morgan fingerprint density at radius 1 is 1.16 bits per heavy atom. The SMILES string of the molecule is CCOc1cccc2cc(C(C)NC(=NC)NCc3coc(-c4ccccc4)n3)oc12. The third-order valence-corrected chi connectivity index (χ3v) is 4.84. The molecule has 1 unspecified atom stereocenters. The Hall–Kier alpha value is -3.74. The molecular weight excluding hydrogens is 392 g/mol. The van der Waals surface area contributed by atoms with E-state index >= 15 is 0 Å². The van der Waals surface area contributed by atoms with Gasteiger partial charge in [-0.2, -0.15) is 0 Å². The van der Waals surface area contributed by atoms with Crippen LogP contribution in [0.4, 0.5) is 0 Å². The number of rotatable bonds is 7. The first-order valence-electron chi connectivity index (χ1n) is 10.3. The first kappa shape index (κ1) is 20.5. The van der Waals surface area contributed by atoms with Crippen LogP contribution in [0.2, 0.25) is 0 Å². The van der Waals surface area contributed by atoms with E-state index in [1.54, 1.807) is 13.3 Å². The highest BCUT2D eigenvalue weighted by Gasteiger charge is 2.16. The normalized spacial score (nSPS) is 12.7. The van der Waals surface area contributed by atoms with Gasteiger partial charge in [0, 0.05) is 18.0 Å². The summed E-state index contributed by atoms with van der Waals surface area (Å²) in [6.45, 7) is 5.06. The largest absolute Gasteiger partial charge is 0.490 e. The Kier molecular flexibility index (Phi) is 6.21. The van der Waals surface area contributed by atoms with E-state index in [-0.39, 0.29) is 6.04 Å². The van der Waals surface area contributed by atoms with E-state index in [2.05, 4.69) is 20.6 Å². The molecule has 160 valence electrons. The van der Waals surface area contributed by atoms with E-state index in [1.807, 2.05) is 68.4 Å². The lowest BCUT2D eigenvalue weighted by atomic mass is 10.2.